The zero-order valence-corrected chi connectivity index (χ0v) is 13.3. The van der Waals surface area contributed by atoms with Crippen molar-refractivity contribution in [1.82, 2.24) is 10.3 Å². The number of nitrogens with zero attached hydrogens (tertiary/aromatic N) is 1. The van der Waals surface area contributed by atoms with Crippen molar-refractivity contribution in [2.24, 2.45) is 5.92 Å². The van der Waals surface area contributed by atoms with Crippen LogP contribution in [0.2, 0.25) is 5.02 Å². The Bertz CT molecular complexity index is 650. The molecule has 1 heterocycles. The number of aliphatic hydroxyl groups is 1. The van der Waals surface area contributed by atoms with Crippen LogP contribution in [0, 0.1) is 5.92 Å². The Morgan fingerprint density at radius 3 is 2.78 bits per heavy atom. The summed E-state index contributed by atoms with van der Waals surface area (Å²) in [5, 5.41) is 21.9. The fraction of sp³-hybridized carbons (Fsp3) is 0.294. The molecule has 0 aliphatic carbocycles. The molecule has 122 valence electrons. The third kappa shape index (κ3) is 5.54. The molecule has 0 aliphatic heterocycles. The van der Waals surface area contributed by atoms with Crippen molar-refractivity contribution in [2.75, 3.05) is 13.2 Å². The molecule has 2 aromatic rings. The highest BCUT2D eigenvalue weighted by atomic mass is 35.5. The Morgan fingerprint density at radius 1 is 1.30 bits per heavy atom. The lowest BCUT2D eigenvalue weighted by molar-refractivity contribution is -0.120. The molecule has 23 heavy (non-hydrogen) atoms. The van der Waals surface area contributed by atoms with Gasteiger partial charge in [-0.2, -0.15) is 0 Å². The first-order valence-electron chi connectivity index (χ1n) is 7.33. The van der Waals surface area contributed by atoms with Gasteiger partial charge in [0.15, 0.2) is 0 Å². The molecule has 0 aliphatic rings. The maximum Gasteiger partial charge on any atom is 0.224 e. The first-order valence-corrected chi connectivity index (χ1v) is 7.71. The van der Waals surface area contributed by atoms with E-state index < -0.39 is 0 Å². The highest BCUT2D eigenvalue weighted by Gasteiger charge is 2.13. The topological polar surface area (TPSA) is 82.5 Å². The van der Waals surface area contributed by atoms with Crippen molar-refractivity contribution in [3.63, 3.8) is 0 Å². The van der Waals surface area contributed by atoms with Crippen molar-refractivity contribution in [1.29, 1.82) is 0 Å². The molecule has 2 rings (SSSR count). The maximum absolute atomic E-state index is 12.0. The Kier molecular flexibility index (Phi) is 6.38. The summed E-state index contributed by atoms with van der Waals surface area (Å²) in [7, 11) is 0. The third-order valence-corrected chi connectivity index (χ3v) is 3.81. The largest absolute Gasteiger partial charge is 0.508 e. The second-order valence-electron chi connectivity index (χ2n) is 5.33. The minimum Gasteiger partial charge on any atom is -0.508 e. The lowest BCUT2D eigenvalue weighted by Crippen LogP contribution is -2.33. The minimum atomic E-state index is -0.183. The molecule has 0 radical (unpaired) electrons. The lowest BCUT2D eigenvalue weighted by Gasteiger charge is -2.15. The number of rotatable bonds is 7. The molecule has 1 aromatic heterocycles. The van der Waals surface area contributed by atoms with Crippen LogP contribution >= 0.6 is 11.6 Å². The molecule has 6 heteroatoms. The normalized spacial score (nSPS) is 11.9. The Morgan fingerprint density at radius 2 is 2.13 bits per heavy atom. The summed E-state index contributed by atoms with van der Waals surface area (Å²) in [4.78, 5) is 16.2. The van der Waals surface area contributed by atoms with Gasteiger partial charge in [0.25, 0.3) is 0 Å². The number of hydrogen-bond donors (Lipinski definition) is 3. The summed E-state index contributed by atoms with van der Waals surface area (Å²) in [5.41, 5.74) is 1.52. The van der Waals surface area contributed by atoms with E-state index in [0.29, 0.717) is 23.6 Å². The van der Waals surface area contributed by atoms with Crippen LogP contribution in [-0.2, 0) is 17.6 Å². The van der Waals surface area contributed by atoms with E-state index in [1.807, 2.05) is 18.2 Å². The number of benzene rings is 1. The van der Waals surface area contributed by atoms with E-state index in [9.17, 15) is 15.0 Å². The molecule has 3 N–H and O–H groups in total. The summed E-state index contributed by atoms with van der Waals surface area (Å²) in [5.74, 6) is -0.212. The number of phenolic OH excluding ortho intramolecular Hbond substituents is 1. The van der Waals surface area contributed by atoms with Gasteiger partial charge in [0.1, 0.15) is 5.75 Å². The molecule has 1 atom stereocenters. The van der Waals surface area contributed by atoms with Gasteiger partial charge in [-0.3, -0.25) is 9.78 Å². The van der Waals surface area contributed by atoms with Crippen LogP contribution in [0.5, 0.6) is 5.75 Å². The number of nitrogens with one attached hydrogen (secondary N) is 1. The van der Waals surface area contributed by atoms with Crippen LogP contribution in [0.4, 0.5) is 0 Å². The van der Waals surface area contributed by atoms with Crippen molar-refractivity contribution in [2.45, 2.75) is 12.8 Å². The van der Waals surface area contributed by atoms with Crippen LogP contribution in [0.1, 0.15) is 11.3 Å². The maximum atomic E-state index is 12.0. The quantitative estimate of drug-likeness (QED) is 0.722. The van der Waals surface area contributed by atoms with Crippen LogP contribution in [0.3, 0.4) is 0 Å². The molecule has 1 aromatic carbocycles. The highest BCUT2D eigenvalue weighted by Crippen LogP contribution is 2.21. The number of pyridine rings is 1. The van der Waals surface area contributed by atoms with E-state index in [0.717, 1.165) is 5.69 Å². The highest BCUT2D eigenvalue weighted by molar-refractivity contribution is 6.31. The van der Waals surface area contributed by atoms with Gasteiger partial charge in [0, 0.05) is 36.0 Å². The van der Waals surface area contributed by atoms with Gasteiger partial charge < -0.3 is 15.5 Å². The van der Waals surface area contributed by atoms with E-state index in [1.54, 1.807) is 12.3 Å². The average molecular weight is 335 g/mol. The van der Waals surface area contributed by atoms with E-state index in [1.165, 1.54) is 12.1 Å². The molecule has 5 nitrogen and oxygen atoms in total. The molecule has 1 amide bonds. The number of phenols is 1. The fourth-order valence-electron chi connectivity index (χ4n) is 2.19. The lowest BCUT2D eigenvalue weighted by atomic mass is 10.0. The van der Waals surface area contributed by atoms with Crippen molar-refractivity contribution in [3.05, 3.63) is 58.9 Å². The van der Waals surface area contributed by atoms with Crippen molar-refractivity contribution in [3.8, 4) is 5.75 Å². The summed E-state index contributed by atoms with van der Waals surface area (Å²) in [6.07, 6.45) is 2.42. The van der Waals surface area contributed by atoms with E-state index in [4.69, 9.17) is 11.6 Å². The SMILES string of the molecule is O=C(Cc1ccc(O)cc1Cl)NCC(CO)Cc1ccccn1. The van der Waals surface area contributed by atoms with E-state index in [-0.39, 0.29) is 30.6 Å². The number of halogens is 1. The molecule has 1 unspecified atom stereocenters. The van der Waals surface area contributed by atoms with E-state index in [2.05, 4.69) is 10.3 Å². The van der Waals surface area contributed by atoms with Crippen LogP contribution in [0.15, 0.2) is 42.6 Å². The second-order valence-corrected chi connectivity index (χ2v) is 5.74. The smallest absolute Gasteiger partial charge is 0.224 e. The predicted molar refractivity (Wildman–Crippen MR) is 88.3 cm³/mol. The molecular formula is C17H19ClN2O3. The zero-order chi connectivity index (χ0) is 16.7. The second kappa shape index (κ2) is 8.50. The van der Waals surface area contributed by atoms with Gasteiger partial charge in [-0.05, 0) is 36.2 Å². The van der Waals surface area contributed by atoms with Gasteiger partial charge in [-0.1, -0.05) is 23.7 Å². The number of aromatic nitrogens is 1. The van der Waals surface area contributed by atoms with Crippen LogP contribution in [0.25, 0.3) is 0 Å². The summed E-state index contributed by atoms with van der Waals surface area (Å²) in [6, 6.07) is 10.1. The molecule has 0 saturated carbocycles. The van der Waals surface area contributed by atoms with Gasteiger partial charge in [-0.15, -0.1) is 0 Å². The van der Waals surface area contributed by atoms with Crippen LogP contribution in [-0.4, -0.2) is 34.3 Å². The van der Waals surface area contributed by atoms with Gasteiger partial charge in [0.2, 0.25) is 5.91 Å². The predicted octanol–water partition coefficient (Wildman–Crippen LogP) is 1.95. The number of amides is 1. The third-order valence-electron chi connectivity index (χ3n) is 3.46. The molecule has 0 saturated heterocycles. The Labute approximate surface area is 140 Å². The molecule has 0 bridgehead atoms. The van der Waals surface area contributed by atoms with E-state index >= 15 is 0 Å². The zero-order valence-electron chi connectivity index (χ0n) is 12.6. The standard InChI is InChI=1S/C17H19ClN2O3/c18-16-9-15(22)5-4-13(16)8-17(23)20-10-12(11-21)7-14-3-1-2-6-19-14/h1-6,9,12,21-22H,7-8,10-11H2,(H,20,23). The summed E-state index contributed by atoms with van der Waals surface area (Å²) >= 11 is 5.98. The Balaban J connectivity index is 1.84. The minimum absolute atomic E-state index is 0.0309. The fourth-order valence-corrected chi connectivity index (χ4v) is 2.43. The Hall–Kier alpha value is -2.11. The number of hydrogen-bond acceptors (Lipinski definition) is 4. The first kappa shape index (κ1) is 17.2. The number of carbonyl (C=O) groups is 1. The van der Waals surface area contributed by atoms with Gasteiger partial charge in [0.05, 0.1) is 6.42 Å². The number of aromatic hydroxyl groups is 1. The van der Waals surface area contributed by atoms with Gasteiger partial charge >= 0.3 is 0 Å². The summed E-state index contributed by atoms with van der Waals surface area (Å²) < 4.78 is 0. The summed E-state index contributed by atoms with van der Waals surface area (Å²) in [6.45, 7) is 0.332. The number of aliphatic hydroxyl groups excluding tert-OH is 1. The van der Waals surface area contributed by atoms with Crippen molar-refractivity contribution >= 4 is 17.5 Å². The monoisotopic (exact) mass is 334 g/mol. The molecule has 0 spiro atoms. The number of carbonyl (C=O) groups excluding carboxylic acids is 1. The van der Waals surface area contributed by atoms with Crippen molar-refractivity contribution < 1.29 is 15.0 Å². The first-order chi connectivity index (χ1) is 11.1. The van der Waals surface area contributed by atoms with Gasteiger partial charge in [-0.25, -0.2) is 0 Å². The average Bonchev–Trinajstić information content (AvgIpc) is 2.55. The molecule has 0 fully saturated rings. The van der Waals surface area contributed by atoms with Crippen LogP contribution < -0.4 is 5.32 Å². The molecular weight excluding hydrogens is 316 g/mol.